The fraction of sp³-hybridized carbons (Fsp3) is 0.312. The van der Waals surface area contributed by atoms with Gasteiger partial charge in [-0.1, -0.05) is 37.3 Å². The normalized spacial score (nSPS) is 12.2. The van der Waals surface area contributed by atoms with Gasteiger partial charge in [-0.2, -0.15) is 0 Å². The number of aliphatic hydroxyl groups is 1. The molecular formula is C16H19NO2. The first kappa shape index (κ1) is 13.6. The lowest BCUT2D eigenvalue weighted by molar-refractivity contribution is 0.178. The zero-order valence-corrected chi connectivity index (χ0v) is 11.3. The van der Waals surface area contributed by atoms with Gasteiger partial charge in [-0.25, -0.2) is 4.98 Å². The Balaban J connectivity index is 2.04. The van der Waals surface area contributed by atoms with Gasteiger partial charge in [0.15, 0.2) is 0 Å². The number of hydrogen-bond acceptors (Lipinski definition) is 3. The van der Waals surface area contributed by atoms with Gasteiger partial charge in [0.1, 0.15) is 0 Å². The third kappa shape index (κ3) is 3.55. The Kier molecular flexibility index (Phi) is 4.53. The minimum absolute atomic E-state index is 0.499. The largest absolute Gasteiger partial charge is 0.481 e. The molecular weight excluding hydrogens is 238 g/mol. The molecule has 100 valence electrons. The van der Waals surface area contributed by atoms with Crippen molar-refractivity contribution in [2.75, 3.05) is 7.11 Å². The van der Waals surface area contributed by atoms with E-state index in [4.69, 9.17) is 4.74 Å². The van der Waals surface area contributed by atoms with E-state index in [1.807, 2.05) is 24.3 Å². The van der Waals surface area contributed by atoms with Crippen molar-refractivity contribution in [2.45, 2.75) is 25.9 Å². The van der Waals surface area contributed by atoms with Crippen molar-refractivity contribution in [3.8, 4) is 5.88 Å². The van der Waals surface area contributed by atoms with Crippen molar-refractivity contribution in [3.05, 3.63) is 59.3 Å². The third-order valence-corrected chi connectivity index (χ3v) is 3.21. The van der Waals surface area contributed by atoms with Gasteiger partial charge >= 0.3 is 0 Å². The van der Waals surface area contributed by atoms with Gasteiger partial charge < -0.3 is 9.84 Å². The lowest BCUT2D eigenvalue weighted by atomic mass is 10.0. The van der Waals surface area contributed by atoms with Gasteiger partial charge in [0, 0.05) is 18.7 Å². The molecule has 3 heteroatoms. The molecule has 3 nitrogen and oxygen atoms in total. The second kappa shape index (κ2) is 6.34. The van der Waals surface area contributed by atoms with E-state index in [-0.39, 0.29) is 0 Å². The molecule has 0 aliphatic rings. The summed E-state index contributed by atoms with van der Waals surface area (Å²) in [7, 11) is 1.59. The number of ether oxygens (including phenoxy) is 1. The van der Waals surface area contributed by atoms with Crippen LogP contribution in [0, 0.1) is 0 Å². The summed E-state index contributed by atoms with van der Waals surface area (Å²) in [5.41, 5.74) is 3.21. The number of aryl methyl sites for hydroxylation is 1. The smallest absolute Gasteiger partial charge is 0.212 e. The van der Waals surface area contributed by atoms with Gasteiger partial charge in [0.05, 0.1) is 13.2 Å². The molecule has 0 saturated heterocycles. The zero-order chi connectivity index (χ0) is 13.7. The number of rotatable bonds is 5. The molecule has 2 aromatic rings. The lowest BCUT2D eigenvalue weighted by Crippen LogP contribution is -2.02. The molecule has 0 aliphatic carbocycles. The summed E-state index contributed by atoms with van der Waals surface area (Å²) in [5, 5.41) is 10.2. The first-order valence-electron chi connectivity index (χ1n) is 6.48. The van der Waals surface area contributed by atoms with Crippen LogP contribution in [-0.2, 0) is 12.8 Å². The van der Waals surface area contributed by atoms with E-state index < -0.39 is 6.10 Å². The molecule has 1 aromatic heterocycles. The maximum absolute atomic E-state index is 10.2. The Bertz CT molecular complexity index is 505. The van der Waals surface area contributed by atoms with Crippen LogP contribution >= 0.6 is 0 Å². The van der Waals surface area contributed by atoms with Gasteiger partial charge in [0.25, 0.3) is 0 Å². The molecule has 1 aromatic carbocycles. The van der Waals surface area contributed by atoms with Crippen LogP contribution in [-0.4, -0.2) is 17.2 Å². The summed E-state index contributed by atoms with van der Waals surface area (Å²) in [4.78, 5) is 4.14. The summed E-state index contributed by atoms with van der Waals surface area (Å²) < 4.78 is 5.01. The second-order valence-electron chi connectivity index (χ2n) is 4.52. The summed E-state index contributed by atoms with van der Waals surface area (Å²) in [6.45, 7) is 2.12. The molecule has 0 spiro atoms. The van der Waals surface area contributed by atoms with Crippen LogP contribution in [0.4, 0.5) is 0 Å². The van der Waals surface area contributed by atoms with Crippen molar-refractivity contribution in [1.82, 2.24) is 4.98 Å². The number of hydrogen-bond donors (Lipinski definition) is 1. The summed E-state index contributed by atoms with van der Waals surface area (Å²) in [6, 6.07) is 11.8. The van der Waals surface area contributed by atoms with E-state index in [2.05, 4.69) is 24.0 Å². The van der Waals surface area contributed by atoms with Crippen molar-refractivity contribution in [2.24, 2.45) is 0 Å². The van der Waals surface area contributed by atoms with Gasteiger partial charge in [-0.15, -0.1) is 0 Å². The van der Waals surface area contributed by atoms with Crippen LogP contribution in [0.5, 0.6) is 5.88 Å². The van der Waals surface area contributed by atoms with E-state index in [1.54, 1.807) is 13.3 Å². The number of aliphatic hydroxyl groups excluding tert-OH is 1. The van der Waals surface area contributed by atoms with E-state index in [0.717, 1.165) is 17.5 Å². The Morgan fingerprint density at radius 1 is 1.11 bits per heavy atom. The molecule has 0 amide bonds. The maximum atomic E-state index is 10.2. The highest BCUT2D eigenvalue weighted by molar-refractivity contribution is 5.26. The number of nitrogens with zero attached hydrogens (tertiary/aromatic N) is 1. The molecule has 1 atom stereocenters. The summed E-state index contributed by atoms with van der Waals surface area (Å²) in [6.07, 6.45) is 2.81. The van der Waals surface area contributed by atoms with Crippen molar-refractivity contribution in [1.29, 1.82) is 0 Å². The van der Waals surface area contributed by atoms with Crippen molar-refractivity contribution >= 4 is 0 Å². The van der Waals surface area contributed by atoms with E-state index in [9.17, 15) is 5.11 Å². The lowest BCUT2D eigenvalue weighted by Gasteiger charge is -2.11. The number of pyridine rings is 1. The molecule has 0 fully saturated rings. The summed E-state index contributed by atoms with van der Waals surface area (Å²) in [5.74, 6) is 0.588. The predicted molar refractivity (Wildman–Crippen MR) is 75.3 cm³/mol. The molecule has 19 heavy (non-hydrogen) atoms. The Morgan fingerprint density at radius 3 is 2.32 bits per heavy atom. The molecule has 0 radical (unpaired) electrons. The van der Waals surface area contributed by atoms with Crippen molar-refractivity contribution in [3.63, 3.8) is 0 Å². The number of aromatic nitrogens is 1. The quantitative estimate of drug-likeness (QED) is 0.895. The average molecular weight is 257 g/mol. The highest BCUT2D eigenvalue weighted by Gasteiger charge is 2.09. The molecule has 0 aliphatic heterocycles. The van der Waals surface area contributed by atoms with Crippen LogP contribution in [0.15, 0.2) is 42.6 Å². The van der Waals surface area contributed by atoms with Crippen LogP contribution in [0.25, 0.3) is 0 Å². The van der Waals surface area contributed by atoms with Crippen LogP contribution < -0.4 is 4.74 Å². The number of methoxy groups -OCH3 is 1. The first-order valence-corrected chi connectivity index (χ1v) is 6.48. The van der Waals surface area contributed by atoms with Gasteiger partial charge in [0.2, 0.25) is 5.88 Å². The monoisotopic (exact) mass is 257 g/mol. The van der Waals surface area contributed by atoms with E-state index in [0.29, 0.717) is 12.3 Å². The molecule has 1 unspecified atom stereocenters. The Morgan fingerprint density at radius 2 is 1.79 bits per heavy atom. The average Bonchev–Trinajstić information content (AvgIpc) is 2.48. The number of benzene rings is 1. The molecule has 0 saturated carbocycles. The van der Waals surface area contributed by atoms with Crippen LogP contribution in [0.3, 0.4) is 0 Å². The van der Waals surface area contributed by atoms with Crippen molar-refractivity contribution < 1.29 is 9.84 Å². The standard InChI is InChI=1S/C16H19NO2/c1-3-12-4-7-14(8-5-12)15(18)10-13-6-9-16(19-2)17-11-13/h4-9,11,15,18H,3,10H2,1-2H3. The third-order valence-electron chi connectivity index (χ3n) is 3.21. The predicted octanol–water partition coefficient (Wildman–Crippen LogP) is 2.93. The van der Waals surface area contributed by atoms with Gasteiger partial charge in [-0.05, 0) is 23.1 Å². The molecule has 2 rings (SSSR count). The highest BCUT2D eigenvalue weighted by atomic mass is 16.5. The molecule has 0 bridgehead atoms. The fourth-order valence-corrected chi connectivity index (χ4v) is 1.97. The van der Waals surface area contributed by atoms with Gasteiger partial charge in [-0.3, -0.25) is 0 Å². The first-order chi connectivity index (χ1) is 9.22. The summed E-state index contributed by atoms with van der Waals surface area (Å²) >= 11 is 0. The minimum atomic E-state index is -0.499. The van der Waals surface area contributed by atoms with E-state index >= 15 is 0 Å². The fourth-order valence-electron chi connectivity index (χ4n) is 1.97. The van der Waals surface area contributed by atoms with E-state index in [1.165, 1.54) is 5.56 Å². The topological polar surface area (TPSA) is 42.4 Å². The highest BCUT2D eigenvalue weighted by Crippen LogP contribution is 2.19. The Hall–Kier alpha value is -1.87. The van der Waals surface area contributed by atoms with Crippen LogP contribution in [0.1, 0.15) is 29.7 Å². The maximum Gasteiger partial charge on any atom is 0.212 e. The Labute approximate surface area is 113 Å². The zero-order valence-electron chi connectivity index (χ0n) is 11.3. The van der Waals surface area contributed by atoms with Crippen LogP contribution in [0.2, 0.25) is 0 Å². The SMILES string of the molecule is CCc1ccc(C(O)Cc2ccc(OC)nc2)cc1. The molecule has 1 N–H and O–H groups in total. The minimum Gasteiger partial charge on any atom is -0.481 e. The molecule has 1 heterocycles. The second-order valence-corrected chi connectivity index (χ2v) is 4.52.